The standard InChI is InChI=1S/C17H22N2O4/c1-12(15-10-13-6-4-5-7-14(13)23-15)19(3)16(20)11-18(2)9-8-17(21)22/h4-7,10,12H,8-9,11H2,1-3H3,(H,21,22). The summed E-state index contributed by atoms with van der Waals surface area (Å²) in [7, 11) is 3.46. The fourth-order valence-corrected chi connectivity index (χ4v) is 2.32. The summed E-state index contributed by atoms with van der Waals surface area (Å²) in [5, 5.41) is 9.69. The second-order valence-corrected chi connectivity index (χ2v) is 5.75. The van der Waals surface area contributed by atoms with Crippen molar-refractivity contribution >= 4 is 22.8 Å². The highest BCUT2D eigenvalue weighted by Crippen LogP contribution is 2.26. The molecule has 1 amide bonds. The maximum absolute atomic E-state index is 12.3. The van der Waals surface area contributed by atoms with Crippen molar-refractivity contribution < 1.29 is 19.1 Å². The molecule has 0 fully saturated rings. The van der Waals surface area contributed by atoms with Crippen molar-refractivity contribution in [2.24, 2.45) is 0 Å². The van der Waals surface area contributed by atoms with Crippen LogP contribution in [0.3, 0.4) is 0 Å². The number of aliphatic carboxylic acids is 1. The Labute approximate surface area is 135 Å². The number of amides is 1. The molecule has 2 rings (SSSR count). The van der Waals surface area contributed by atoms with Gasteiger partial charge in [-0.05, 0) is 26.1 Å². The Balaban J connectivity index is 1.99. The fourth-order valence-electron chi connectivity index (χ4n) is 2.32. The van der Waals surface area contributed by atoms with E-state index in [9.17, 15) is 9.59 Å². The summed E-state index contributed by atoms with van der Waals surface area (Å²) in [4.78, 5) is 26.2. The monoisotopic (exact) mass is 318 g/mol. The molecule has 0 radical (unpaired) electrons. The molecule has 0 aliphatic rings. The van der Waals surface area contributed by atoms with Gasteiger partial charge in [-0.2, -0.15) is 0 Å². The topological polar surface area (TPSA) is 74.0 Å². The molecule has 1 N–H and O–H groups in total. The van der Waals surface area contributed by atoms with Gasteiger partial charge in [-0.25, -0.2) is 0 Å². The molecule has 6 nitrogen and oxygen atoms in total. The van der Waals surface area contributed by atoms with E-state index in [0.29, 0.717) is 6.54 Å². The van der Waals surface area contributed by atoms with Crippen LogP contribution in [0.5, 0.6) is 0 Å². The predicted molar refractivity (Wildman–Crippen MR) is 87.1 cm³/mol. The van der Waals surface area contributed by atoms with Crippen LogP contribution in [0.2, 0.25) is 0 Å². The Hall–Kier alpha value is -2.34. The maximum Gasteiger partial charge on any atom is 0.304 e. The van der Waals surface area contributed by atoms with Gasteiger partial charge in [0.25, 0.3) is 0 Å². The van der Waals surface area contributed by atoms with Gasteiger partial charge >= 0.3 is 5.97 Å². The van der Waals surface area contributed by atoms with E-state index in [-0.39, 0.29) is 24.9 Å². The summed E-state index contributed by atoms with van der Waals surface area (Å²) in [5.74, 6) is -0.214. The van der Waals surface area contributed by atoms with Gasteiger partial charge < -0.3 is 14.4 Å². The van der Waals surface area contributed by atoms with Crippen LogP contribution in [0.4, 0.5) is 0 Å². The molecule has 1 aromatic carbocycles. The number of carboxylic acids is 1. The number of fused-ring (bicyclic) bond motifs is 1. The van der Waals surface area contributed by atoms with Gasteiger partial charge in [-0.15, -0.1) is 0 Å². The number of carbonyl (C=O) groups excluding carboxylic acids is 1. The van der Waals surface area contributed by atoms with Gasteiger partial charge in [-0.3, -0.25) is 14.5 Å². The van der Waals surface area contributed by atoms with E-state index in [1.807, 2.05) is 37.3 Å². The molecule has 1 unspecified atom stereocenters. The lowest BCUT2D eigenvalue weighted by atomic mass is 10.2. The van der Waals surface area contributed by atoms with Crippen molar-refractivity contribution in [3.63, 3.8) is 0 Å². The number of para-hydroxylation sites is 1. The molecular weight excluding hydrogens is 296 g/mol. The van der Waals surface area contributed by atoms with E-state index in [2.05, 4.69) is 0 Å². The highest BCUT2D eigenvalue weighted by molar-refractivity contribution is 5.80. The number of benzene rings is 1. The van der Waals surface area contributed by atoms with Crippen molar-refractivity contribution in [3.05, 3.63) is 36.1 Å². The minimum absolute atomic E-state index is 0.0205. The summed E-state index contributed by atoms with van der Waals surface area (Å²) < 4.78 is 5.80. The molecule has 0 saturated heterocycles. The molecule has 23 heavy (non-hydrogen) atoms. The zero-order valence-corrected chi connectivity index (χ0v) is 13.7. The van der Waals surface area contributed by atoms with Crippen LogP contribution in [0.15, 0.2) is 34.7 Å². The van der Waals surface area contributed by atoms with E-state index in [1.165, 1.54) is 0 Å². The van der Waals surface area contributed by atoms with Crippen molar-refractivity contribution in [1.82, 2.24) is 9.80 Å². The quantitative estimate of drug-likeness (QED) is 0.848. The lowest BCUT2D eigenvalue weighted by molar-refractivity contribution is -0.138. The van der Waals surface area contributed by atoms with E-state index in [0.717, 1.165) is 16.7 Å². The van der Waals surface area contributed by atoms with Gasteiger partial charge in [0, 0.05) is 19.0 Å². The maximum atomic E-state index is 12.3. The number of likely N-dealkylation sites (N-methyl/N-ethyl adjacent to an activating group) is 2. The number of furan rings is 1. The van der Waals surface area contributed by atoms with Crippen LogP contribution in [0.25, 0.3) is 11.0 Å². The highest BCUT2D eigenvalue weighted by Gasteiger charge is 2.21. The minimum Gasteiger partial charge on any atom is -0.481 e. The number of nitrogens with zero attached hydrogens (tertiary/aromatic N) is 2. The Morgan fingerprint density at radius 3 is 2.61 bits per heavy atom. The molecule has 6 heteroatoms. The van der Waals surface area contributed by atoms with Crippen LogP contribution in [-0.2, 0) is 9.59 Å². The van der Waals surface area contributed by atoms with Gasteiger partial charge in [0.2, 0.25) is 5.91 Å². The van der Waals surface area contributed by atoms with Crippen LogP contribution in [0, 0.1) is 0 Å². The molecule has 0 aliphatic carbocycles. The van der Waals surface area contributed by atoms with Crippen molar-refractivity contribution in [3.8, 4) is 0 Å². The third-order valence-electron chi connectivity index (χ3n) is 3.94. The summed E-state index contributed by atoms with van der Waals surface area (Å²) in [5.41, 5.74) is 0.800. The molecule has 0 aliphatic heterocycles. The Kier molecular flexibility index (Phi) is 5.39. The summed E-state index contributed by atoms with van der Waals surface area (Å²) in [6.07, 6.45) is 0.0205. The first kappa shape index (κ1) is 17.0. The number of hydrogen-bond acceptors (Lipinski definition) is 4. The Morgan fingerprint density at radius 2 is 1.96 bits per heavy atom. The van der Waals surface area contributed by atoms with Gasteiger partial charge in [-0.1, -0.05) is 18.2 Å². The van der Waals surface area contributed by atoms with Crippen molar-refractivity contribution in [2.75, 3.05) is 27.2 Å². The van der Waals surface area contributed by atoms with Gasteiger partial charge in [0.05, 0.1) is 19.0 Å². The Bertz CT molecular complexity index is 662. The largest absolute Gasteiger partial charge is 0.481 e. The first-order chi connectivity index (χ1) is 10.9. The van der Waals surface area contributed by atoms with E-state index in [1.54, 1.807) is 23.9 Å². The molecule has 2 aromatic rings. The smallest absolute Gasteiger partial charge is 0.304 e. The first-order valence-electron chi connectivity index (χ1n) is 7.53. The van der Waals surface area contributed by atoms with E-state index >= 15 is 0 Å². The number of carbonyl (C=O) groups is 2. The van der Waals surface area contributed by atoms with Crippen molar-refractivity contribution in [1.29, 1.82) is 0 Å². The second kappa shape index (κ2) is 7.28. The summed E-state index contributed by atoms with van der Waals surface area (Å²) >= 11 is 0. The fraction of sp³-hybridized carbons (Fsp3) is 0.412. The van der Waals surface area contributed by atoms with E-state index in [4.69, 9.17) is 9.52 Å². The average Bonchev–Trinajstić information content (AvgIpc) is 2.95. The van der Waals surface area contributed by atoms with Crippen LogP contribution in [0.1, 0.15) is 25.1 Å². The lowest BCUT2D eigenvalue weighted by Crippen LogP contribution is -2.38. The molecule has 124 valence electrons. The molecule has 0 saturated carbocycles. The summed E-state index contributed by atoms with van der Waals surface area (Å²) in [6, 6.07) is 9.47. The number of rotatable bonds is 7. The number of hydrogen-bond donors (Lipinski definition) is 1. The SMILES string of the molecule is CC(c1cc2ccccc2o1)N(C)C(=O)CN(C)CCC(=O)O. The van der Waals surface area contributed by atoms with E-state index < -0.39 is 5.97 Å². The summed E-state index contributed by atoms with van der Waals surface area (Å²) in [6.45, 7) is 2.43. The van der Waals surface area contributed by atoms with Gasteiger partial charge in [0.1, 0.15) is 11.3 Å². The first-order valence-corrected chi connectivity index (χ1v) is 7.53. The molecule has 1 heterocycles. The minimum atomic E-state index is -0.867. The second-order valence-electron chi connectivity index (χ2n) is 5.75. The zero-order valence-electron chi connectivity index (χ0n) is 13.7. The molecule has 1 aromatic heterocycles. The van der Waals surface area contributed by atoms with Crippen LogP contribution in [-0.4, -0.2) is 54.0 Å². The van der Waals surface area contributed by atoms with Crippen molar-refractivity contribution in [2.45, 2.75) is 19.4 Å². The number of carboxylic acid groups (broad SMARTS) is 1. The molecule has 0 bridgehead atoms. The third kappa shape index (κ3) is 4.32. The van der Waals surface area contributed by atoms with Gasteiger partial charge in [0.15, 0.2) is 0 Å². The molecule has 0 spiro atoms. The normalized spacial score (nSPS) is 12.5. The predicted octanol–water partition coefficient (Wildman–Crippen LogP) is 2.36. The van der Waals surface area contributed by atoms with Crippen LogP contribution >= 0.6 is 0 Å². The molecule has 1 atom stereocenters. The lowest BCUT2D eigenvalue weighted by Gasteiger charge is -2.25. The molecular formula is C17H22N2O4. The Morgan fingerprint density at radius 1 is 1.26 bits per heavy atom. The highest BCUT2D eigenvalue weighted by atomic mass is 16.4. The average molecular weight is 318 g/mol. The van der Waals surface area contributed by atoms with Crippen LogP contribution < -0.4 is 0 Å². The third-order valence-corrected chi connectivity index (χ3v) is 3.94. The zero-order chi connectivity index (χ0) is 17.0.